The molecule has 0 aliphatic carbocycles. The van der Waals surface area contributed by atoms with Crippen LogP contribution in [0.2, 0.25) is 0 Å². The van der Waals surface area contributed by atoms with E-state index >= 15 is 0 Å². The van der Waals surface area contributed by atoms with Crippen molar-refractivity contribution in [2.45, 2.75) is 18.8 Å². The molecule has 3 aromatic rings. The number of ether oxygens (including phenoxy) is 1. The summed E-state index contributed by atoms with van der Waals surface area (Å²) >= 11 is 0.570. The summed E-state index contributed by atoms with van der Waals surface area (Å²) in [6.07, 6.45) is -2.29. The monoisotopic (exact) mass is 465 g/mol. The first kappa shape index (κ1) is 22.0. The maximum atomic E-state index is 12.8. The van der Waals surface area contributed by atoms with Gasteiger partial charge in [-0.25, -0.2) is 14.8 Å². The molecule has 0 fully saturated rings. The maximum absolute atomic E-state index is 12.8. The number of hydrogen-bond acceptors (Lipinski definition) is 8. The van der Waals surface area contributed by atoms with Crippen LogP contribution in [0.1, 0.15) is 15.4 Å². The minimum atomic E-state index is -4.42. The molecule has 4 rings (SSSR count). The lowest BCUT2D eigenvalue weighted by molar-refractivity contribution is -0.134. The molecule has 1 N–H and O–H groups in total. The molecule has 0 saturated carbocycles. The Kier molecular flexibility index (Phi) is 5.98. The number of rotatable bonds is 5. The highest BCUT2D eigenvalue weighted by atomic mass is 32.1. The molecule has 0 saturated heterocycles. The van der Waals surface area contributed by atoms with Crippen molar-refractivity contribution < 1.29 is 23.0 Å². The average Bonchev–Trinajstić information content (AvgIpc) is 3.24. The summed E-state index contributed by atoms with van der Waals surface area (Å²) in [6, 6.07) is 7.55. The van der Waals surface area contributed by atoms with Crippen LogP contribution >= 0.6 is 11.3 Å². The molecular formula is C20H18F3N5O3S. The molecule has 32 heavy (non-hydrogen) atoms. The Bertz CT molecular complexity index is 1210. The third kappa shape index (κ3) is 4.65. The Labute approximate surface area is 184 Å². The quantitative estimate of drug-likeness (QED) is 0.619. The van der Waals surface area contributed by atoms with Crippen LogP contribution < -0.4 is 15.3 Å². The molecule has 0 radical (unpaired) electrons. The summed E-state index contributed by atoms with van der Waals surface area (Å²) in [5, 5.41) is 10.6. The van der Waals surface area contributed by atoms with Crippen LogP contribution in [0.3, 0.4) is 0 Å². The van der Waals surface area contributed by atoms with Crippen LogP contribution in [0.25, 0.3) is 5.57 Å². The first-order valence-electron chi connectivity index (χ1n) is 9.48. The number of halogens is 3. The summed E-state index contributed by atoms with van der Waals surface area (Å²) in [5.74, 6) is 0.555. The molecule has 1 atom stereocenters. The molecule has 8 nitrogen and oxygen atoms in total. The highest BCUT2D eigenvalue weighted by Crippen LogP contribution is 2.34. The fourth-order valence-corrected chi connectivity index (χ4v) is 4.12. The summed E-state index contributed by atoms with van der Waals surface area (Å²) in [7, 11) is 1.51. The minimum absolute atomic E-state index is 0.0615. The van der Waals surface area contributed by atoms with Crippen LogP contribution in [0.15, 0.2) is 47.5 Å². The SMILES string of the molecule is COc1cccc(C2=CCN(c3ncn(Cc4ccc(C(F)(F)F)s4)c(=O)n3)C[C@@H]2O)n1. The second kappa shape index (κ2) is 8.71. The number of anilines is 1. The van der Waals surface area contributed by atoms with E-state index in [0.29, 0.717) is 39.9 Å². The van der Waals surface area contributed by atoms with Gasteiger partial charge in [-0.05, 0) is 18.2 Å². The lowest BCUT2D eigenvalue weighted by Gasteiger charge is -2.30. The molecule has 4 heterocycles. The van der Waals surface area contributed by atoms with E-state index < -0.39 is 22.8 Å². The molecule has 1 aliphatic rings. The second-order valence-corrected chi connectivity index (χ2v) is 8.14. The third-order valence-electron chi connectivity index (χ3n) is 4.82. The van der Waals surface area contributed by atoms with E-state index in [1.54, 1.807) is 29.2 Å². The normalized spacial score (nSPS) is 16.7. The van der Waals surface area contributed by atoms with E-state index in [2.05, 4.69) is 15.0 Å². The lowest BCUT2D eigenvalue weighted by atomic mass is 10.0. The van der Waals surface area contributed by atoms with Gasteiger partial charge < -0.3 is 14.7 Å². The Morgan fingerprint density at radius 3 is 2.72 bits per heavy atom. The Morgan fingerprint density at radius 1 is 1.25 bits per heavy atom. The van der Waals surface area contributed by atoms with E-state index in [1.165, 1.54) is 19.5 Å². The zero-order chi connectivity index (χ0) is 22.9. The maximum Gasteiger partial charge on any atom is 0.425 e. The van der Waals surface area contributed by atoms with Crippen LogP contribution in [-0.4, -0.2) is 50.9 Å². The summed E-state index contributed by atoms with van der Waals surface area (Å²) < 4.78 is 44.5. The van der Waals surface area contributed by atoms with Gasteiger partial charge >= 0.3 is 11.9 Å². The highest BCUT2D eigenvalue weighted by Gasteiger charge is 2.32. The van der Waals surface area contributed by atoms with Gasteiger partial charge in [0.25, 0.3) is 0 Å². The van der Waals surface area contributed by atoms with Crippen LogP contribution in [-0.2, 0) is 12.7 Å². The van der Waals surface area contributed by atoms with Gasteiger partial charge in [0.1, 0.15) is 11.2 Å². The van der Waals surface area contributed by atoms with Crippen molar-refractivity contribution in [3.63, 3.8) is 0 Å². The summed E-state index contributed by atoms with van der Waals surface area (Å²) in [6.45, 7) is 0.427. The van der Waals surface area contributed by atoms with Crippen molar-refractivity contribution >= 4 is 22.9 Å². The summed E-state index contributed by atoms with van der Waals surface area (Å²) in [5.41, 5.74) is 0.573. The molecule has 0 aromatic carbocycles. The van der Waals surface area contributed by atoms with Crippen molar-refractivity contribution in [2.75, 3.05) is 25.1 Å². The third-order valence-corrected chi connectivity index (χ3v) is 5.93. The van der Waals surface area contributed by atoms with Crippen molar-refractivity contribution in [3.8, 4) is 5.88 Å². The number of aliphatic hydroxyl groups excluding tert-OH is 1. The number of hydrogen-bond donors (Lipinski definition) is 1. The van der Waals surface area contributed by atoms with Gasteiger partial charge in [-0.1, -0.05) is 12.1 Å². The van der Waals surface area contributed by atoms with Crippen LogP contribution in [0.5, 0.6) is 5.88 Å². The van der Waals surface area contributed by atoms with Crippen molar-refractivity contribution in [1.82, 2.24) is 19.5 Å². The number of aliphatic hydroxyl groups is 1. The van der Waals surface area contributed by atoms with Gasteiger partial charge in [0.05, 0.1) is 32.0 Å². The number of alkyl halides is 3. The Morgan fingerprint density at radius 2 is 2.06 bits per heavy atom. The van der Waals surface area contributed by atoms with Gasteiger partial charge in [0.2, 0.25) is 11.8 Å². The summed E-state index contributed by atoms with van der Waals surface area (Å²) in [4.78, 5) is 26.1. The van der Waals surface area contributed by atoms with E-state index in [4.69, 9.17) is 4.74 Å². The molecule has 0 spiro atoms. The van der Waals surface area contributed by atoms with E-state index in [9.17, 15) is 23.1 Å². The number of thiophene rings is 1. The van der Waals surface area contributed by atoms with Gasteiger partial charge in [-0.15, -0.1) is 11.3 Å². The Hall–Kier alpha value is -3.25. The van der Waals surface area contributed by atoms with Gasteiger partial charge in [-0.3, -0.25) is 4.57 Å². The van der Waals surface area contributed by atoms with Crippen LogP contribution in [0, 0.1) is 0 Å². The Balaban J connectivity index is 1.49. The molecule has 3 aromatic heterocycles. The number of pyridine rings is 1. The fourth-order valence-electron chi connectivity index (χ4n) is 3.25. The largest absolute Gasteiger partial charge is 0.481 e. The molecule has 0 unspecified atom stereocenters. The standard InChI is InChI=1S/C20H18F3N5O3S/c1-31-17-4-2-3-14(25-17)13-7-8-27(10-15(13)29)18-24-11-28(19(30)26-18)9-12-5-6-16(32-12)20(21,22)23/h2-7,11,15,29H,8-10H2,1H3/t15-/m0/s1. The number of nitrogens with zero attached hydrogens (tertiary/aromatic N) is 5. The molecule has 0 bridgehead atoms. The van der Waals surface area contributed by atoms with Crippen molar-refractivity contribution in [1.29, 1.82) is 0 Å². The molecule has 168 valence electrons. The zero-order valence-electron chi connectivity index (χ0n) is 16.8. The topological polar surface area (TPSA) is 93.4 Å². The fraction of sp³-hybridized carbons (Fsp3) is 0.300. The van der Waals surface area contributed by atoms with Gasteiger partial charge in [0, 0.05) is 23.1 Å². The lowest BCUT2D eigenvalue weighted by Crippen LogP contribution is -2.40. The molecule has 12 heteroatoms. The predicted octanol–water partition coefficient (Wildman–Crippen LogP) is 2.44. The molecule has 1 aliphatic heterocycles. The smallest absolute Gasteiger partial charge is 0.425 e. The van der Waals surface area contributed by atoms with E-state index in [-0.39, 0.29) is 19.0 Å². The average molecular weight is 465 g/mol. The first-order valence-corrected chi connectivity index (χ1v) is 10.3. The predicted molar refractivity (Wildman–Crippen MR) is 112 cm³/mol. The van der Waals surface area contributed by atoms with Gasteiger partial charge in [-0.2, -0.15) is 18.2 Å². The van der Waals surface area contributed by atoms with Gasteiger partial charge in [0.15, 0.2) is 0 Å². The first-order chi connectivity index (χ1) is 15.2. The molecule has 0 amide bonds. The second-order valence-electron chi connectivity index (χ2n) is 6.98. The number of methoxy groups -OCH3 is 1. The highest BCUT2D eigenvalue weighted by molar-refractivity contribution is 7.12. The van der Waals surface area contributed by atoms with E-state index in [1.807, 2.05) is 0 Å². The zero-order valence-corrected chi connectivity index (χ0v) is 17.6. The van der Waals surface area contributed by atoms with Crippen molar-refractivity contribution in [3.05, 3.63) is 68.7 Å². The molecular weight excluding hydrogens is 447 g/mol. The van der Waals surface area contributed by atoms with Crippen LogP contribution in [0.4, 0.5) is 19.1 Å². The van der Waals surface area contributed by atoms with Crippen molar-refractivity contribution in [2.24, 2.45) is 0 Å². The number of β-amino-alcohol motifs (C(OH)–C–C–N with tert-alkyl or cyclic N) is 1. The van der Waals surface area contributed by atoms with E-state index in [0.717, 1.165) is 10.6 Å². The minimum Gasteiger partial charge on any atom is -0.481 e. The number of aromatic nitrogens is 4.